The van der Waals surface area contributed by atoms with Gasteiger partial charge in [0.2, 0.25) is 0 Å². The Kier molecular flexibility index (Phi) is 4.69. The minimum atomic E-state index is 0.203. The third kappa shape index (κ3) is 3.57. The molecule has 0 aliphatic rings. The minimum Gasteiger partial charge on any atom is -0.367 e. The molecule has 0 fully saturated rings. The molecule has 0 aliphatic carbocycles. The van der Waals surface area contributed by atoms with Gasteiger partial charge in [-0.25, -0.2) is 15.0 Å². The van der Waals surface area contributed by atoms with Gasteiger partial charge < -0.3 is 10.2 Å². The summed E-state index contributed by atoms with van der Waals surface area (Å²) in [7, 11) is 4.11. The summed E-state index contributed by atoms with van der Waals surface area (Å²) in [5, 5.41) is 5.08. The highest BCUT2D eigenvalue weighted by atomic mass is 35.5. The first-order chi connectivity index (χ1) is 11.1. The van der Waals surface area contributed by atoms with Gasteiger partial charge in [0.25, 0.3) is 0 Å². The summed E-state index contributed by atoms with van der Waals surface area (Å²) in [5.41, 5.74) is 1.89. The van der Waals surface area contributed by atoms with Crippen LogP contribution in [0.15, 0.2) is 48.9 Å². The second-order valence-corrected chi connectivity index (χ2v) is 5.95. The fourth-order valence-electron chi connectivity index (χ4n) is 2.51. The van der Waals surface area contributed by atoms with Crippen LogP contribution in [0.4, 0.5) is 5.82 Å². The largest absolute Gasteiger partial charge is 0.367 e. The van der Waals surface area contributed by atoms with Crippen LogP contribution in [-0.4, -0.2) is 40.5 Å². The molecule has 1 N–H and O–H groups in total. The lowest BCUT2D eigenvalue weighted by atomic mass is 10.1. The molecule has 0 aliphatic heterocycles. The molecule has 0 bridgehead atoms. The quantitative estimate of drug-likeness (QED) is 0.778. The lowest BCUT2D eigenvalue weighted by molar-refractivity contribution is 0.311. The zero-order valence-electron chi connectivity index (χ0n) is 13.1. The molecular formula is C17H18ClN5. The van der Waals surface area contributed by atoms with Gasteiger partial charge in [0, 0.05) is 17.8 Å². The van der Waals surface area contributed by atoms with E-state index in [1.165, 1.54) is 11.9 Å². The molecule has 0 radical (unpaired) electrons. The van der Waals surface area contributed by atoms with Gasteiger partial charge in [-0.3, -0.25) is 0 Å². The third-order valence-corrected chi connectivity index (χ3v) is 4.00. The van der Waals surface area contributed by atoms with Crippen LogP contribution in [0.2, 0.25) is 5.02 Å². The summed E-state index contributed by atoms with van der Waals surface area (Å²) in [6, 6.07) is 12.0. The maximum Gasteiger partial charge on any atom is 0.164 e. The molecule has 5 nitrogen and oxygen atoms in total. The van der Waals surface area contributed by atoms with Crippen LogP contribution < -0.4 is 5.32 Å². The number of aromatic nitrogens is 3. The molecule has 0 spiro atoms. The monoisotopic (exact) mass is 327 g/mol. The average molecular weight is 328 g/mol. The maximum atomic E-state index is 5.98. The highest BCUT2D eigenvalue weighted by Gasteiger charge is 2.15. The van der Waals surface area contributed by atoms with Crippen molar-refractivity contribution in [1.82, 2.24) is 19.9 Å². The van der Waals surface area contributed by atoms with Crippen molar-refractivity contribution in [3.05, 3.63) is 59.5 Å². The standard InChI is InChI=1S/C17H18ClN5/c1-23(2)15(12-5-7-13(18)8-6-12)10-20-17-14-4-3-9-19-16(14)21-11-22-17/h3-9,11,15H,10H2,1-2H3,(H,19,20,21,22). The van der Waals surface area contributed by atoms with Crippen LogP contribution in [0, 0.1) is 0 Å². The normalized spacial score (nSPS) is 12.5. The molecule has 2 heterocycles. The van der Waals surface area contributed by atoms with Gasteiger partial charge in [-0.05, 0) is 43.9 Å². The molecule has 118 valence electrons. The number of pyridine rings is 1. The number of likely N-dealkylation sites (N-methyl/N-ethyl adjacent to an activating group) is 1. The average Bonchev–Trinajstić information content (AvgIpc) is 2.56. The summed E-state index contributed by atoms with van der Waals surface area (Å²) in [4.78, 5) is 14.9. The minimum absolute atomic E-state index is 0.203. The first-order valence-corrected chi connectivity index (χ1v) is 7.74. The molecule has 3 aromatic rings. The molecular weight excluding hydrogens is 310 g/mol. The van der Waals surface area contributed by atoms with E-state index in [1.807, 2.05) is 36.4 Å². The number of hydrogen-bond donors (Lipinski definition) is 1. The Morgan fingerprint density at radius 2 is 1.87 bits per heavy atom. The van der Waals surface area contributed by atoms with Crippen molar-refractivity contribution in [3.63, 3.8) is 0 Å². The van der Waals surface area contributed by atoms with Gasteiger partial charge in [-0.2, -0.15) is 0 Å². The van der Waals surface area contributed by atoms with Crippen LogP contribution >= 0.6 is 11.6 Å². The van der Waals surface area contributed by atoms with E-state index in [0.29, 0.717) is 5.65 Å². The number of nitrogens with one attached hydrogen (secondary N) is 1. The Morgan fingerprint density at radius 1 is 1.09 bits per heavy atom. The number of rotatable bonds is 5. The fraction of sp³-hybridized carbons (Fsp3) is 0.235. The van der Waals surface area contributed by atoms with Gasteiger partial charge in [-0.1, -0.05) is 23.7 Å². The molecule has 3 rings (SSSR count). The Bertz CT molecular complexity index is 783. The Balaban J connectivity index is 1.82. The van der Waals surface area contributed by atoms with E-state index < -0.39 is 0 Å². The molecule has 0 saturated heterocycles. The fourth-order valence-corrected chi connectivity index (χ4v) is 2.64. The Morgan fingerprint density at radius 3 is 2.61 bits per heavy atom. The zero-order chi connectivity index (χ0) is 16.2. The molecule has 6 heteroatoms. The molecule has 1 atom stereocenters. The zero-order valence-corrected chi connectivity index (χ0v) is 13.8. The highest BCUT2D eigenvalue weighted by Crippen LogP contribution is 2.22. The highest BCUT2D eigenvalue weighted by molar-refractivity contribution is 6.30. The van der Waals surface area contributed by atoms with Crippen LogP contribution in [0.25, 0.3) is 11.0 Å². The first-order valence-electron chi connectivity index (χ1n) is 7.36. The first kappa shape index (κ1) is 15.6. The van der Waals surface area contributed by atoms with Crippen LogP contribution in [-0.2, 0) is 0 Å². The van der Waals surface area contributed by atoms with E-state index in [9.17, 15) is 0 Å². The Hall–Kier alpha value is -2.24. The summed E-state index contributed by atoms with van der Waals surface area (Å²) in [6.07, 6.45) is 3.26. The summed E-state index contributed by atoms with van der Waals surface area (Å²) in [6.45, 7) is 0.718. The van der Waals surface area contributed by atoms with Crippen molar-refractivity contribution in [2.24, 2.45) is 0 Å². The lowest BCUT2D eigenvalue weighted by Gasteiger charge is -2.25. The number of benzene rings is 1. The SMILES string of the molecule is CN(C)C(CNc1ncnc2ncccc12)c1ccc(Cl)cc1. The molecule has 0 amide bonds. The summed E-state index contributed by atoms with van der Waals surface area (Å²) in [5.74, 6) is 0.795. The van der Waals surface area contributed by atoms with E-state index in [2.05, 4.69) is 39.3 Å². The van der Waals surface area contributed by atoms with E-state index in [4.69, 9.17) is 11.6 Å². The second-order valence-electron chi connectivity index (χ2n) is 5.51. The molecule has 23 heavy (non-hydrogen) atoms. The predicted molar refractivity (Wildman–Crippen MR) is 93.7 cm³/mol. The predicted octanol–water partition coefficient (Wildman–Crippen LogP) is 3.39. The topological polar surface area (TPSA) is 53.9 Å². The van der Waals surface area contributed by atoms with Crippen molar-refractivity contribution < 1.29 is 0 Å². The summed E-state index contributed by atoms with van der Waals surface area (Å²) < 4.78 is 0. The molecule has 2 aromatic heterocycles. The van der Waals surface area contributed by atoms with Crippen molar-refractivity contribution in [2.45, 2.75) is 6.04 Å². The maximum absolute atomic E-state index is 5.98. The van der Waals surface area contributed by atoms with Gasteiger partial charge in [0.15, 0.2) is 5.65 Å². The van der Waals surface area contributed by atoms with Crippen molar-refractivity contribution >= 4 is 28.5 Å². The summed E-state index contributed by atoms with van der Waals surface area (Å²) >= 11 is 5.98. The van der Waals surface area contributed by atoms with E-state index >= 15 is 0 Å². The number of anilines is 1. The molecule has 1 aromatic carbocycles. The Labute approximate surface area is 140 Å². The second kappa shape index (κ2) is 6.89. The number of nitrogens with zero attached hydrogens (tertiary/aromatic N) is 4. The van der Waals surface area contributed by atoms with Gasteiger partial charge in [-0.15, -0.1) is 0 Å². The third-order valence-electron chi connectivity index (χ3n) is 3.75. The number of fused-ring (bicyclic) bond motifs is 1. The van der Waals surface area contributed by atoms with Gasteiger partial charge in [0.1, 0.15) is 12.1 Å². The number of hydrogen-bond acceptors (Lipinski definition) is 5. The lowest BCUT2D eigenvalue weighted by Crippen LogP contribution is -2.27. The van der Waals surface area contributed by atoms with Gasteiger partial charge >= 0.3 is 0 Å². The molecule has 0 saturated carbocycles. The van der Waals surface area contributed by atoms with E-state index in [-0.39, 0.29) is 6.04 Å². The smallest absolute Gasteiger partial charge is 0.164 e. The van der Waals surface area contributed by atoms with E-state index in [1.54, 1.807) is 6.20 Å². The van der Waals surface area contributed by atoms with Crippen LogP contribution in [0.5, 0.6) is 0 Å². The van der Waals surface area contributed by atoms with Crippen molar-refractivity contribution in [3.8, 4) is 0 Å². The van der Waals surface area contributed by atoms with Crippen molar-refractivity contribution in [1.29, 1.82) is 0 Å². The van der Waals surface area contributed by atoms with Crippen LogP contribution in [0.3, 0.4) is 0 Å². The van der Waals surface area contributed by atoms with Crippen LogP contribution in [0.1, 0.15) is 11.6 Å². The van der Waals surface area contributed by atoms with Gasteiger partial charge in [0.05, 0.1) is 11.4 Å². The number of halogens is 1. The van der Waals surface area contributed by atoms with E-state index in [0.717, 1.165) is 22.8 Å². The molecule has 1 unspecified atom stereocenters. The van der Waals surface area contributed by atoms with Crippen molar-refractivity contribution in [2.75, 3.05) is 26.0 Å².